The Labute approximate surface area is 201 Å². The molecule has 0 spiro atoms. The summed E-state index contributed by atoms with van der Waals surface area (Å²) in [6.45, 7) is 5.65. The van der Waals surface area contributed by atoms with Crippen LogP contribution in [0.1, 0.15) is 52.6 Å². The molecule has 0 radical (unpaired) electrons. The fourth-order valence-corrected chi connectivity index (χ4v) is 4.80. The van der Waals surface area contributed by atoms with Crippen molar-refractivity contribution in [3.05, 3.63) is 94.0 Å². The molecule has 0 unspecified atom stereocenters. The summed E-state index contributed by atoms with van der Waals surface area (Å²) in [6, 6.07) is 22.3. The number of aliphatic carboxylic acids is 1. The van der Waals surface area contributed by atoms with E-state index in [9.17, 15) is 15.2 Å². The molecule has 1 aliphatic rings. The number of nitriles is 1. The fraction of sp³-hybridized carbons (Fsp3) is 0.267. The van der Waals surface area contributed by atoms with Crippen molar-refractivity contribution in [3.8, 4) is 17.2 Å². The minimum atomic E-state index is -0.723. The Morgan fingerprint density at radius 2 is 1.79 bits per heavy atom. The number of benzene rings is 3. The molecule has 1 fully saturated rings. The molecule has 1 saturated heterocycles. The van der Waals surface area contributed by atoms with Crippen molar-refractivity contribution in [2.45, 2.75) is 45.7 Å². The summed E-state index contributed by atoms with van der Waals surface area (Å²) in [7, 11) is 0. The van der Waals surface area contributed by atoms with Crippen molar-refractivity contribution in [2.24, 2.45) is 0 Å². The summed E-state index contributed by atoms with van der Waals surface area (Å²) in [6.07, 6.45) is 6.82. The van der Waals surface area contributed by atoms with Crippen LogP contribution in [0, 0.1) is 25.2 Å². The number of hydrogen-bond acceptors (Lipinski definition) is 3. The van der Waals surface area contributed by atoms with Crippen LogP contribution in [-0.4, -0.2) is 28.6 Å². The molecule has 0 aliphatic carbocycles. The highest BCUT2D eigenvalue weighted by atomic mass is 16.4. The molecule has 172 valence electrons. The average molecular weight is 451 g/mol. The minimum absolute atomic E-state index is 0.394. The van der Waals surface area contributed by atoms with Gasteiger partial charge in [0.05, 0.1) is 5.56 Å². The fourth-order valence-electron chi connectivity index (χ4n) is 4.80. The van der Waals surface area contributed by atoms with Crippen molar-refractivity contribution in [2.75, 3.05) is 6.54 Å². The second kappa shape index (κ2) is 10.5. The van der Waals surface area contributed by atoms with Gasteiger partial charge in [-0.2, -0.15) is 5.26 Å². The zero-order valence-electron chi connectivity index (χ0n) is 19.8. The number of likely N-dealkylation sites (tertiary alicyclic amines) is 1. The van der Waals surface area contributed by atoms with E-state index in [1.54, 1.807) is 0 Å². The van der Waals surface area contributed by atoms with Crippen molar-refractivity contribution >= 4 is 18.1 Å². The number of nitrogens with zero attached hydrogens (tertiary/aromatic N) is 2. The minimum Gasteiger partial charge on any atom is -0.480 e. The lowest BCUT2D eigenvalue weighted by Crippen LogP contribution is -2.44. The molecule has 1 N–H and O–H groups in total. The lowest BCUT2D eigenvalue weighted by atomic mass is 9.94. The van der Waals surface area contributed by atoms with Gasteiger partial charge in [0.25, 0.3) is 0 Å². The van der Waals surface area contributed by atoms with Gasteiger partial charge in [-0.25, -0.2) is 0 Å². The lowest BCUT2D eigenvalue weighted by molar-refractivity contribution is -0.144. The maximum atomic E-state index is 11.7. The number of aryl methyl sites for hydroxylation is 2. The van der Waals surface area contributed by atoms with Crippen molar-refractivity contribution in [3.63, 3.8) is 0 Å². The molecule has 3 aromatic rings. The zero-order chi connectivity index (χ0) is 24.1. The van der Waals surface area contributed by atoms with Gasteiger partial charge in [-0.1, -0.05) is 79.2 Å². The molecule has 4 heteroatoms. The second-order valence-corrected chi connectivity index (χ2v) is 9.04. The molecule has 3 aromatic carbocycles. The SMILES string of the molecule is Cc1cc(CN2CCCC[C@H]2C(=O)O)c(C)cc1/C=C/c1cccc(-c2ccccc2)c1C#N. The van der Waals surface area contributed by atoms with Gasteiger partial charge in [-0.3, -0.25) is 9.69 Å². The quantitative estimate of drug-likeness (QED) is 0.438. The summed E-state index contributed by atoms with van der Waals surface area (Å²) < 4.78 is 0. The van der Waals surface area contributed by atoms with Gasteiger partial charge in [0, 0.05) is 12.1 Å². The van der Waals surface area contributed by atoms with Crippen LogP contribution in [0.15, 0.2) is 60.7 Å². The molecule has 4 nitrogen and oxygen atoms in total. The predicted octanol–water partition coefficient (Wildman–Crippen LogP) is 6.45. The first kappa shape index (κ1) is 23.5. The van der Waals surface area contributed by atoms with Crippen LogP contribution >= 0.6 is 0 Å². The smallest absolute Gasteiger partial charge is 0.320 e. The maximum Gasteiger partial charge on any atom is 0.320 e. The van der Waals surface area contributed by atoms with E-state index in [4.69, 9.17) is 0 Å². The van der Waals surface area contributed by atoms with Gasteiger partial charge in [-0.05, 0) is 66.6 Å². The Morgan fingerprint density at radius 3 is 2.53 bits per heavy atom. The first-order valence-electron chi connectivity index (χ1n) is 11.8. The van der Waals surface area contributed by atoms with E-state index in [0.29, 0.717) is 12.1 Å². The summed E-state index contributed by atoms with van der Waals surface area (Å²) in [5.74, 6) is -0.723. The first-order chi connectivity index (χ1) is 16.5. The van der Waals surface area contributed by atoms with Gasteiger partial charge in [0.2, 0.25) is 0 Å². The summed E-state index contributed by atoms with van der Waals surface area (Å²) in [4.78, 5) is 13.8. The average Bonchev–Trinajstić information content (AvgIpc) is 2.85. The van der Waals surface area contributed by atoms with Gasteiger partial charge in [0.15, 0.2) is 0 Å². The van der Waals surface area contributed by atoms with Gasteiger partial charge in [0.1, 0.15) is 12.1 Å². The maximum absolute atomic E-state index is 11.7. The number of carboxylic acid groups (broad SMARTS) is 1. The van der Waals surface area contributed by atoms with Gasteiger partial charge in [-0.15, -0.1) is 0 Å². The highest BCUT2D eigenvalue weighted by molar-refractivity contribution is 5.81. The summed E-state index contributed by atoms with van der Waals surface area (Å²) in [5, 5.41) is 19.5. The molecule has 1 aliphatic heterocycles. The largest absolute Gasteiger partial charge is 0.480 e. The van der Waals surface area contributed by atoms with Gasteiger partial charge < -0.3 is 5.11 Å². The van der Waals surface area contributed by atoms with Crippen LogP contribution in [0.25, 0.3) is 23.3 Å². The van der Waals surface area contributed by atoms with Crippen LogP contribution in [0.2, 0.25) is 0 Å². The highest BCUT2D eigenvalue weighted by Gasteiger charge is 2.28. The summed E-state index contributed by atoms with van der Waals surface area (Å²) >= 11 is 0. The molecule has 1 heterocycles. The van der Waals surface area contributed by atoms with E-state index < -0.39 is 12.0 Å². The summed E-state index contributed by atoms with van der Waals surface area (Å²) in [5.41, 5.74) is 8.08. The van der Waals surface area contributed by atoms with Crippen LogP contribution in [0.4, 0.5) is 0 Å². The normalized spacial score (nSPS) is 16.4. The Bertz CT molecular complexity index is 1250. The molecule has 0 aromatic heterocycles. The third-order valence-corrected chi connectivity index (χ3v) is 6.73. The Morgan fingerprint density at radius 1 is 1.03 bits per heavy atom. The molecule has 1 atom stereocenters. The Kier molecular flexibility index (Phi) is 7.25. The Balaban J connectivity index is 1.60. The molecular weight excluding hydrogens is 420 g/mol. The van der Waals surface area contributed by atoms with Crippen LogP contribution in [0.3, 0.4) is 0 Å². The van der Waals surface area contributed by atoms with Crippen molar-refractivity contribution < 1.29 is 9.90 Å². The number of carboxylic acids is 1. The van der Waals surface area contributed by atoms with E-state index in [0.717, 1.165) is 59.2 Å². The van der Waals surface area contributed by atoms with E-state index in [-0.39, 0.29) is 0 Å². The van der Waals surface area contributed by atoms with E-state index in [2.05, 4.69) is 43.0 Å². The van der Waals surface area contributed by atoms with E-state index >= 15 is 0 Å². The zero-order valence-corrected chi connectivity index (χ0v) is 19.8. The molecule has 4 rings (SSSR count). The first-order valence-corrected chi connectivity index (χ1v) is 11.8. The number of hydrogen-bond donors (Lipinski definition) is 1. The number of carbonyl (C=O) groups is 1. The lowest BCUT2D eigenvalue weighted by Gasteiger charge is -2.33. The second-order valence-electron chi connectivity index (χ2n) is 9.04. The van der Waals surface area contributed by atoms with Crippen LogP contribution in [0.5, 0.6) is 0 Å². The molecule has 0 bridgehead atoms. The highest BCUT2D eigenvalue weighted by Crippen LogP contribution is 2.28. The molecule has 0 amide bonds. The standard InChI is InChI=1S/C30H30N2O2/c1-21-18-26(20-32-16-7-6-13-29(32)30(33)34)22(2)17-25(21)15-14-24-11-8-12-27(28(24)19-31)23-9-4-3-5-10-23/h3-5,8-12,14-15,17-18,29H,6-7,13,16,20H2,1-2H3,(H,33,34)/b15-14+/t29-/m0/s1. The molecular formula is C30H30N2O2. The van der Waals surface area contributed by atoms with Crippen LogP contribution < -0.4 is 0 Å². The number of piperidine rings is 1. The van der Waals surface area contributed by atoms with Crippen molar-refractivity contribution in [1.29, 1.82) is 5.26 Å². The third-order valence-electron chi connectivity index (χ3n) is 6.73. The topological polar surface area (TPSA) is 64.3 Å². The van der Waals surface area contributed by atoms with E-state index in [1.165, 1.54) is 5.56 Å². The number of rotatable bonds is 6. The Hall–Kier alpha value is -3.68. The van der Waals surface area contributed by atoms with E-state index in [1.807, 2.05) is 54.6 Å². The third kappa shape index (κ3) is 5.11. The van der Waals surface area contributed by atoms with Gasteiger partial charge >= 0.3 is 5.97 Å². The predicted molar refractivity (Wildman–Crippen MR) is 137 cm³/mol. The van der Waals surface area contributed by atoms with Crippen molar-refractivity contribution in [1.82, 2.24) is 4.90 Å². The van der Waals surface area contributed by atoms with Crippen LogP contribution in [-0.2, 0) is 11.3 Å². The molecule has 34 heavy (non-hydrogen) atoms. The molecule has 0 saturated carbocycles. The monoisotopic (exact) mass is 450 g/mol.